The Hall–Kier alpha value is -14.5. The number of pyridine rings is 4. The highest BCUT2D eigenvalue weighted by Crippen LogP contribution is 2.53. The molecule has 0 spiro atoms. The number of benzene rings is 10. The lowest BCUT2D eigenvalue weighted by molar-refractivity contribution is 0.590. The first-order chi connectivity index (χ1) is 61.5. The zero-order valence-electron chi connectivity index (χ0n) is 76.3. The van der Waals surface area contributed by atoms with Crippen molar-refractivity contribution in [2.75, 3.05) is 79.9 Å². The maximum atomic E-state index is 4.67. The number of hydrogen-bond donors (Lipinski definition) is 0. The van der Waals surface area contributed by atoms with E-state index in [0.717, 1.165) is 52.0 Å². The summed E-state index contributed by atoms with van der Waals surface area (Å²) in [5.74, 6) is 5.98. The topological polar surface area (TPSA) is 116 Å². The van der Waals surface area contributed by atoms with E-state index in [1.54, 1.807) is 12.4 Å². The van der Waals surface area contributed by atoms with E-state index in [0.29, 0.717) is 0 Å². The molecule has 18 nitrogen and oxygen atoms in total. The molecule has 6 atom stereocenters. The van der Waals surface area contributed by atoms with Crippen LogP contribution in [0.15, 0.2) is 340 Å². The van der Waals surface area contributed by atoms with E-state index in [9.17, 15) is 0 Å². The maximum Gasteiger partial charge on any atom is 0.178 e. The Labute approximate surface area is 751 Å². The van der Waals surface area contributed by atoms with Gasteiger partial charge in [-0.15, -0.1) is 0 Å². The lowest BCUT2D eigenvalue weighted by Gasteiger charge is -2.31. The number of rotatable bonds is 9. The minimum atomic E-state index is 0.121. The van der Waals surface area contributed by atoms with Crippen LogP contribution in [0.1, 0.15) is 101 Å². The van der Waals surface area contributed by atoms with Gasteiger partial charge in [-0.2, -0.15) is 0 Å². The quantitative estimate of drug-likeness (QED) is 0.136. The van der Waals surface area contributed by atoms with Crippen LogP contribution in [0, 0.1) is 41.5 Å². The van der Waals surface area contributed by atoms with Crippen molar-refractivity contribution in [2.24, 2.45) is 0 Å². The normalized spacial score (nSPS) is 17.2. The molecule has 642 valence electrons. The second kappa shape index (κ2) is 37.1. The molecule has 0 saturated carbocycles. The van der Waals surface area contributed by atoms with Gasteiger partial charge in [-0.3, -0.25) is 0 Å². The molecule has 0 aliphatic carbocycles. The van der Waals surface area contributed by atoms with E-state index < -0.39 is 0 Å². The van der Waals surface area contributed by atoms with Crippen LogP contribution in [0.2, 0.25) is 0 Å². The minimum absolute atomic E-state index is 0.121. The summed E-state index contributed by atoms with van der Waals surface area (Å²) in [5, 5.41) is 0. The fraction of sp³-hybridized carbons (Fsp3) is 0.229. The van der Waals surface area contributed by atoms with E-state index in [2.05, 4.69) is 481 Å². The Balaban J connectivity index is 0.000000113. The van der Waals surface area contributed by atoms with Crippen molar-refractivity contribution in [1.29, 1.82) is 0 Å². The average Bonchev–Trinajstić information content (AvgIpc) is 1.49. The Morgan fingerprint density at radius 3 is 0.882 bits per heavy atom. The third-order valence-corrected chi connectivity index (χ3v) is 25.2. The van der Waals surface area contributed by atoms with E-state index in [-0.39, 0.29) is 42.4 Å². The molecule has 0 amide bonds. The highest BCUT2D eigenvalue weighted by Gasteiger charge is 2.42. The van der Waals surface area contributed by atoms with Crippen molar-refractivity contribution in [1.82, 2.24) is 29.9 Å². The predicted molar refractivity (Wildman–Crippen MR) is 532 cm³/mol. The van der Waals surface area contributed by atoms with Gasteiger partial charge in [0.15, 0.2) is 34.9 Å². The highest BCUT2D eigenvalue weighted by molar-refractivity contribution is 5.92. The van der Waals surface area contributed by atoms with E-state index in [1.807, 2.05) is 61.2 Å². The van der Waals surface area contributed by atoms with Crippen LogP contribution in [0.4, 0.5) is 120 Å². The van der Waals surface area contributed by atoms with Gasteiger partial charge in [0.25, 0.3) is 0 Å². The fourth-order valence-corrected chi connectivity index (χ4v) is 18.2. The number of para-hydroxylation sites is 9. The number of aryl methyl sites for hydroxylation is 6. The van der Waals surface area contributed by atoms with Gasteiger partial charge >= 0.3 is 0 Å². The van der Waals surface area contributed by atoms with E-state index >= 15 is 0 Å². The average molecular weight is 1680 g/mol. The first-order valence-electron chi connectivity index (χ1n) is 44.1. The third-order valence-electron chi connectivity index (χ3n) is 25.2. The molecule has 127 heavy (non-hydrogen) atoms. The van der Waals surface area contributed by atoms with Crippen molar-refractivity contribution in [2.45, 2.75) is 146 Å². The Kier molecular flexibility index (Phi) is 25.1. The predicted octanol–water partition coefficient (Wildman–Crippen LogP) is 26.3. The zero-order chi connectivity index (χ0) is 88.9. The SMILES string of the molecule is Cc1ccccc1N1c2cc(C(C)(C)C)ccc2N(c2ccccc2)C1C.Cc1ccccc1N1c2cccnc2N(C)C1C.Cc1ccccc1N1c2cccnc2N(c2ccccc2)C1C.Cc1ccccc1N1c2ncccc2N(C)C1C.Cc1ccccc1N1c2ncccc2N(c2ccccc2)C1C.Cc1ccccc1N1c2nccnc2N(C)C1C. The monoisotopic (exact) mass is 1680 g/mol. The van der Waals surface area contributed by atoms with Gasteiger partial charge in [-0.05, 0) is 261 Å². The second-order valence-corrected chi connectivity index (χ2v) is 34.2. The molecule has 6 unspecified atom stereocenters. The summed E-state index contributed by atoms with van der Waals surface area (Å²) in [6.07, 6.45) is 12.3. The van der Waals surface area contributed by atoms with Crippen molar-refractivity contribution >= 4 is 120 Å². The van der Waals surface area contributed by atoms with Gasteiger partial charge in [0, 0.05) is 110 Å². The number of nitrogens with zero attached hydrogens (tertiary/aromatic N) is 18. The highest BCUT2D eigenvalue weighted by atomic mass is 15.5. The third kappa shape index (κ3) is 16.9. The van der Waals surface area contributed by atoms with Gasteiger partial charge in [-0.1, -0.05) is 191 Å². The molecule has 10 aromatic carbocycles. The molecule has 0 saturated heterocycles. The summed E-state index contributed by atoms with van der Waals surface area (Å²) >= 11 is 0. The summed E-state index contributed by atoms with van der Waals surface area (Å²) in [4.78, 5) is 55.0. The molecular weight excluding hydrogens is 1560 g/mol. The van der Waals surface area contributed by atoms with Crippen LogP contribution in [0.25, 0.3) is 0 Å². The molecule has 18 heteroatoms. The first-order valence-corrected chi connectivity index (χ1v) is 44.1. The van der Waals surface area contributed by atoms with Crippen molar-refractivity contribution in [3.05, 3.63) is 379 Å². The summed E-state index contributed by atoms with van der Waals surface area (Å²) in [5.41, 5.74) is 27.3. The molecule has 0 fully saturated rings. The summed E-state index contributed by atoms with van der Waals surface area (Å²) < 4.78 is 0. The molecule has 0 radical (unpaired) electrons. The first kappa shape index (κ1) is 86.0. The van der Waals surface area contributed by atoms with Crippen molar-refractivity contribution in [3.8, 4) is 0 Å². The van der Waals surface area contributed by atoms with Gasteiger partial charge in [-0.25, -0.2) is 29.9 Å². The van der Waals surface area contributed by atoms with Crippen LogP contribution in [-0.4, -0.2) is 88.0 Å². The van der Waals surface area contributed by atoms with Crippen LogP contribution in [0.3, 0.4) is 0 Å². The van der Waals surface area contributed by atoms with Gasteiger partial charge in [0.1, 0.15) is 37.0 Å². The van der Waals surface area contributed by atoms with Crippen LogP contribution >= 0.6 is 0 Å². The minimum Gasteiger partial charge on any atom is -0.351 e. The second-order valence-electron chi connectivity index (χ2n) is 34.2. The van der Waals surface area contributed by atoms with Crippen LogP contribution < -0.4 is 58.8 Å². The van der Waals surface area contributed by atoms with Gasteiger partial charge < -0.3 is 58.8 Å². The van der Waals surface area contributed by atoms with Crippen LogP contribution in [0.5, 0.6) is 0 Å². The molecule has 21 rings (SSSR count). The standard InChI is InChI=1S/C25H28N2.2C20H19N3.2C15H17N3.C14H16N4/c1-18-11-9-10-14-22(18)27-19(2)26(21-12-7-6-8-13-21)23-16-15-20(17-24(23)27)25(3,4)5;1-15-9-6-7-12-18(15)23-16(2)22(17-10-4-3-5-11-17)20-19(23)13-8-14-21-20;1-15-9-6-7-12-18(15)23-16(2)22(17-10-4-3-5-11-17)19-13-8-14-21-20(19)23;1-11-7-4-5-8-13(11)18-12(2)17(3)15-14(18)9-6-10-16-15;1-11-7-4-5-8-13(11)18-12(2)17(3)14-9-6-10-16-15(14)18;1-10-6-4-5-7-12(10)18-11(2)17(3)13-14(18)16-9-8-15-13/h6-17,19H,1-5H3;2*3-14,16H,1-2H3;2*4-10,12H,1-3H3;4-9,11H,1-3H3. The van der Waals surface area contributed by atoms with E-state index in [1.165, 1.54) is 107 Å². The lowest BCUT2D eigenvalue weighted by atomic mass is 9.86. The van der Waals surface area contributed by atoms with E-state index in [4.69, 9.17) is 0 Å². The Morgan fingerprint density at radius 1 is 0.197 bits per heavy atom. The molecule has 15 aromatic rings. The largest absolute Gasteiger partial charge is 0.351 e. The Bertz CT molecular complexity index is 5910. The van der Waals surface area contributed by atoms with Crippen molar-refractivity contribution in [3.63, 3.8) is 0 Å². The fourth-order valence-electron chi connectivity index (χ4n) is 18.2. The number of aromatic nitrogens is 6. The molecule has 6 aliphatic rings. The number of hydrogen-bond acceptors (Lipinski definition) is 18. The lowest BCUT2D eigenvalue weighted by Crippen LogP contribution is -2.36. The van der Waals surface area contributed by atoms with Gasteiger partial charge in [0.2, 0.25) is 0 Å². The smallest absolute Gasteiger partial charge is 0.178 e. The van der Waals surface area contributed by atoms with Gasteiger partial charge in [0.05, 0.1) is 34.1 Å². The number of anilines is 21. The molecule has 6 aliphatic heterocycles. The summed E-state index contributed by atoms with van der Waals surface area (Å²) in [6, 6.07) is 106. The maximum absolute atomic E-state index is 4.67. The molecular formula is C109H116N18. The molecule has 0 N–H and O–H groups in total. The molecule has 0 bridgehead atoms. The summed E-state index contributed by atoms with van der Waals surface area (Å²) in [7, 11) is 6.26. The Morgan fingerprint density at radius 2 is 0.457 bits per heavy atom. The van der Waals surface area contributed by atoms with Crippen LogP contribution in [-0.2, 0) is 5.41 Å². The van der Waals surface area contributed by atoms with Crippen molar-refractivity contribution < 1.29 is 0 Å². The zero-order valence-corrected chi connectivity index (χ0v) is 76.3. The molecule has 5 aromatic heterocycles. The number of fused-ring (bicyclic) bond motifs is 6. The molecule has 11 heterocycles. The summed E-state index contributed by atoms with van der Waals surface area (Å²) in [6.45, 7) is 33.0.